The third kappa shape index (κ3) is 6.84. The van der Waals surface area contributed by atoms with E-state index in [1.807, 2.05) is 42.5 Å². The van der Waals surface area contributed by atoms with Crippen LogP contribution in [0.2, 0.25) is 10.0 Å². The van der Waals surface area contributed by atoms with E-state index in [0.717, 1.165) is 63.5 Å². The molecule has 1 amide bonds. The van der Waals surface area contributed by atoms with Gasteiger partial charge in [0.1, 0.15) is 5.75 Å². The maximum absolute atomic E-state index is 12.5. The fourth-order valence-corrected chi connectivity index (χ4v) is 6.04. The van der Waals surface area contributed by atoms with Crippen LogP contribution in [0.4, 0.5) is 11.4 Å². The first-order valence-corrected chi connectivity index (χ1v) is 13.7. The zero-order valence-corrected chi connectivity index (χ0v) is 24.3. The normalized spacial score (nSPS) is 14.3. The quantitative estimate of drug-likeness (QED) is 0.268. The molecule has 1 fully saturated rings. The lowest BCUT2D eigenvalue weighted by Crippen LogP contribution is -2.46. The summed E-state index contributed by atoms with van der Waals surface area (Å²) in [5.74, 6) is 0.395. The Morgan fingerprint density at radius 2 is 1.78 bits per heavy atom. The smallest absolute Gasteiger partial charge is 0.248 e. The van der Waals surface area contributed by atoms with Crippen molar-refractivity contribution in [1.82, 2.24) is 4.90 Å². The average molecular weight is 654 g/mol. The Kier molecular flexibility index (Phi) is 9.36. The summed E-state index contributed by atoms with van der Waals surface area (Å²) in [6.07, 6.45) is 3.18. The summed E-state index contributed by atoms with van der Waals surface area (Å²) in [4.78, 5) is 17.2. The molecule has 1 heterocycles. The highest BCUT2D eigenvalue weighted by molar-refractivity contribution is 9.11. The van der Waals surface area contributed by atoms with Crippen molar-refractivity contribution in [3.05, 3.63) is 90.8 Å². The van der Waals surface area contributed by atoms with Crippen molar-refractivity contribution in [1.29, 1.82) is 0 Å². The molecule has 1 aliphatic heterocycles. The molecule has 36 heavy (non-hydrogen) atoms. The highest BCUT2D eigenvalue weighted by Crippen LogP contribution is 2.34. The molecular formula is C27H25Br2Cl2N3O2. The highest BCUT2D eigenvalue weighted by Gasteiger charge is 2.20. The number of benzene rings is 3. The first-order valence-electron chi connectivity index (χ1n) is 11.4. The molecule has 0 bridgehead atoms. The van der Waals surface area contributed by atoms with Crippen molar-refractivity contribution in [2.45, 2.75) is 6.54 Å². The number of piperazine rings is 1. The second kappa shape index (κ2) is 12.5. The van der Waals surface area contributed by atoms with Gasteiger partial charge in [0.25, 0.3) is 0 Å². The summed E-state index contributed by atoms with van der Waals surface area (Å²) in [5, 5.41) is 4.29. The number of rotatable bonds is 7. The molecule has 3 aromatic carbocycles. The van der Waals surface area contributed by atoms with E-state index < -0.39 is 0 Å². The van der Waals surface area contributed by atoms with Crippen molar-refractivity contribution < 1.29 is 9.53 Å². The maximum atomic E-state index is 12.5. The predicted molar refractivity (Wildman–Crippen MR) is 156 cm³/mol. The van der Waals surface area contributed by atoms with Crippen LogP contribution in [0.15, 0.2) is 69.6 Å². The van der Waals surface area contributed by atoms with Gasteiger partial charge in [0.05, 0.1) is 22.3 Å². The van der Waals surface area contributed by atoms with Crippen molar-refractivity contribution in [2.24, 2.45) is 0 Å². The molecule has 0 atom stereocenters. The molecule has 0 aliphatic carbocycles. The van der Waals surface area contributed by atoms with Gasteiger partial charge in [-0.1, -0.05) is 57.3 Å². The zero-order valence-electron chi connectivity index (χ0n) is 19.6. The summed E-state index contributed by atoms with van der Waals surface area (Å²) < 4.78 is 7.10. The molecule has 0 spiro atoms. The van der Waals surface area contributed by atoms with Gasteiger partial charge < -0.3 is 15.0 Å². The molecule has 0 unspecified atom stereocenters. The Morgan fingerprint density at radius 1 is 1.03 bits per heavy atom. The van der Waals surface area contributed by atoms with E-state index in [-0.39, 0.29) is 5.91 Å². The van der Waals surface area contributed by atoms with E-state index >= 15 is 0 Å². The van der Waals surface area contributed by atoms with E-state index in [9.17, 15) is 4.79 Å². The number of methoxy groups -OCH3 is 1. The molecule has 1 saturated heterocycles. The van der Waals surface area contributed by atoms with Gasteiger partial charge in [0.2, 0.25) is 5.91 Å². The first-order chi connectivity index (χ1) is 17.3. The van der Waals surface area contributed by atoms with Crippen LogP contribution >= 0.6 is 55.1 Å². The SMILES string of the molecule is COc1c(Br)cc(Br)cc1C=CC(=O)Nc1ccc(N2CCN(Cc3ccccc3Cl)CC2)c(Cl)c1. The molecule has 0 saturated carbocycles. The van der Waals surface area contributed by atoms with Gasteiger partial charge in [-0.3, -0.25) is 9.69 Å². The van der Waals surface area contributed by atoms with Gasteiger partial charge >= 0.3 is 0 Å². The van der Waals surface area contributed by atoms with Crippen LogP contribution in [0.1, 0.15) is 11.1 Å². The third-order valence-electron chi connectivity index (χ3n) is 5.94. The molecule has 3 aromatic rings. The lowest BCUT2D eigenvalue weighted by molar-refractivity contribution is -0.111. The second-order valence-corrected chi connectivity index (χ2v) is 10.9. The highest BCUT2D eigenvalue weighted by atomic mass is 79.9. The molecule has 1 N–H and O–H groups in total. The van der Waals surface area contributed by atoms with Crippen molar-refractivity contribution in [3.63, 3.8) is 0 Å². The van der Waals surface area contributed by atoms with Crippen LogP contribution in [0.25, 0.3) is 6.08 Å². The molecular weight excluding hydrogens is 629 g/mol. The molecule has 188 valence electrons. The van der Waals surface area contributed by atoms with Crippen LogP contribution in [-0.2, 0) is 11.3 Å². The number of nitrogens with zero attached hydrogens (tertiary/aromatic N) is 2. The molecule has 0 radical (unpaired) electrons. The second-order valence-electron chi connectivity index (χ2n) is 8.35. The Hall–Kier alpha value is -2.03. The molecule has 0 aromatic heterocycles. The molecule has 5 nitrogen and oxygen atoms in total. The van der Waals surface area contributed by atoms with E-state index in [1.54, 1.807) is 19.3 Å². The zero-order chi connectivity index (χ0) is 25.7. The monoisotopic (exact) mass is 651 g/mol. The number of carbonyl (C=O) groups is 1. The minimum Gasteiger partial charge on any atom is -0.495 e. The number of hydrogen-bond acceptors (Lipinski definition) is 4. The Balaban J connectivity index is 1.35. The van der Waals surface area contributed by atoms with Gasteiger partial charge in [-0.15, -0.1) is 0 Å². The number of carbonyl (C=O) groups excluding carboxylic acids is 1. The minimum absolute atomic E-state index is 0.259. The van der Waals surface area contributed by atoms with Crippen molar-refractivity contribution >= 4 is 78.4 Å². The topological polar surface area (TPSA) is 44.8 Å². The average Bonchev–Trinajstić information content (AvgIpc) is 2.85. The molecule has 9 heteroatoms. The lowest BCUT2D eigenvalue weighted by Gasteiger charge is -2.36. The van der Waals surface area contributed by atoms with Crippen molar-refractivity contribution in [2.75, 3.05) is 43.5 Å². The first kappa shape index (κ1) is 27.0. The van der Waals surface area contributed by atoms with E-state index in [2.05, 4.69) is 53.0 Å². The van der Waals surface area contributed by atoms with Gasteiger partial charge in [-0.2, -0.15) is 0 Å². The fourth-order valence-electron chi connectivity index (χ4n) is 4.12. The molecule has 4 rings (SSSR count). The standard InChI is InChI=1S/C27H25Br2Cl2N3O2/c1-36-27-18(14-20(28)15-22(27)29)6-9-26(35)32-21-7-8-25(24(31)16-21)34-12-10-33(11-13-34)17-19-4-2-3-5-23(19)30/h2-9,14-16H,10-13,17H2,1H3,(H,32,35). The minimum atomic E-state index is -0.259. The van der Waals surface area contributed by atoms with Gasteiger partial charge in [0.15, 0.2) is 0 Å². The summed E-state index contributed by atoms with van der Waals surface area (Å²) in [5.41, 5.74) is 3.52. The van der Waals surface area contributed by atoms with Crippen LogP contribution in [0, 0.1) is 0 Å². The van der Waals surface area contributed by atoms with E-state index in [1.165, 1.54) is 6.08 Å². The number of nitrogens with one attached hydrogen (secondary N) is 1. The predicted octanol–water partition coefficient (Wildman–Crippen LogP) is 7.50. The van der Waals surface area contributed by atoms with Gasteiger partial charge in [-0.25, -0.2) is 0 Å². The Morgan fingerprint density at radius 3 is 2.47 bits per heavy atom. The summed E-state index contributed by atoms with van der Waals surface area (Å²) >= 11 is 19.9. The Labute approximate surface area is 238 Å². The summed E-state index contributed by atoms with van der Waals surface area (Å²) in [7, 11) is 1.59. The molecule has 1 aliphatic rings. The number of ether oxygens (including phenoxy) is 1. The fraction of sp³-hybridized carbons (Fsp3) is 0.222. The van der Waals surface area contributed by atoms with Gasteiger partial charge in [0, 0.05) is 59.5 Å². The van der Waals surface area contributed by atoms with Crippen LogP contribution < -0.4 is 15.0 Å². The Bertz CT molecular complexity index is 1280. The number of anilines is 2. The maximum Gasteiger partial charge on any atom is 0.248 e. The summed E-state index contributed by atoms with van der Waals surface area (Å²) in [6.45, 7) is 4.40. The van der Waals surface area contributed by atoms with Crippen LogP contribution in [0.3, 0.4) is 0 Å². The number of halogens is 4. The third-order valence-corrected chi connectivity index (χ3v) is 7.65. The number of amides is 1. The number of hydrogen-bond donors (Lipinski definition) is 1. The van der Waals surface area contributed by atoms with E-state index in [0.29, 0.717) is 16.5 Å². The van der Waals surface area contributed by atoms with Crippen LogP contribution in [0.5, 0.6) is 5.75 Å². The largest absolute Gasteiger partial charge is 0.495 e. The lowest BCUT2D eigenvalue weighted by atomic mass is 10.1. The van der Waals surface area contributed by atoms with Gasteiger partial charge in [-0.05, 0) is 64.0 Å². The van der Waals surface area contributed by atoms with E-state index in [4.69, 9.17) is 27.9 Å². The summed E-state index contributed by atoms with van der Waals surface area (Å²) in [6, 6.07) is 17.4. The van der Waals surface area contributed by atoms with Crippen molar-refractivity contribution in [3.8, 4) is 5.75 Å². The van der Waals surface area contributed by atoms with Crippen LogP contribution in [-0.4, -0.2) is 44.1 Å².